The number of nitrogens with zero attached hydrogens (tertiary/aromatic N) is 4. The molecule has 4 aromatic rings. The number of furan rings is 1. The Kier molecular flexibility index (Phi) is 6.01. The van der Waals surface area contributed by atoms with E-state index in [1.54, 1.807) is 16.0 Å². The van der Waals surface area contributed by atoms with Crippen LogP contribution in [-0.4, -0.2) is 58.4 Å². The van der Waals surface area contributed by atoms with Crippen LogP contribution in [0.15, 0.2) is 40.1 Å². The summed E-state index contributed by atoms with van der Waals surface area (Å²) in [7, 11) is 1.86. The Morgan fingerprint density at radius 2 is 2.06 bits per heavy atom. The van der Waals surface area contributed by atoms with Gasteiger partial charge in [0.2, 0.25) is 0 Å². The van der Waals surface area contributed by atoms with Crippen LogP contribution in [0.4, 0.5) is 0 Å². The number of thiophene rings is 1. The molecule has 1 fully saturated rings. The van der Waals surface area contributed by atoms with E-state index in [0.717, 1.165) is 46.3 Å². The van der Waals surface area contributed by atoms with Gasteiger partial charge in [-0.1, -0.05) is 6.07 Å². The Bertz CT molecular complexity index is 1270. The van der Waals surface area contributed by atoms with Crippen molar-refractivity contribution in [3.8, 4) is 10.6 Å². The largest absolute Gasteiger partial charge is 0.465 e. The summed E-state index contributed by atoms with van der Waals surface area (Å²) in [6, 6.07) is 9.76. The first-order valence-electron chi connectivity index (χ1n) is 11.1. The first-order valence-corrected chi connectivity index (χ1v) is 11.9. The highest BCUT2D eigenvalue weighted by molar-refractivity contribution is 7.13. The number of pyridine rings is 1. The predicted molar refractivity (Wildman–Crippen MR) is 127 cm³/mol. The van der Waals surface area contributed by atoms with Gasteiger partial charge in [0.05, 0.1) is 46.5 Å². The summed E-state index contributed by atoms with van der Waals surface area (Å²) >= 11 is 1.60. The monoisotopic (exact) mass is 465 g/mol. The smallest absolute Gasteiger partial charge is 0.252 e. The van der Waals surface area contributed by atoms with Gasteiger partial charge in [0.15, 0.2) is 5.65 Å². The van der Waals surface area contributed by atoms with E-state index in [9.17, 15) is 4.79 Å². The standard InChI is InChI=1S/C24H27N5O3S/c1-15-6-7-20(32-15)19(29-8-10-31-11-9-29)14-25-24(30)17-13-18(21-5-4-12-33-21)26-23-22(17)16(2)27-28(23)3/h4-7,12-13,19H,8-11,14H2,1-3H3,(H,25,30). The SMILES string of the molecule is Cc1ccc(C(CNC(=O)c2cc(-c3cccs3)nc3c2c(C)nn3C)N2CCOCC2)o1. The number of nitrogens with one attached hydrogen (secondary N) is 1. The molecule has 172 valence electrons. The van der Waals surface area contributed by atoms with Crippen LogP contribution in [-0.2, 0) is 11.8 Å². The Morgan fingerprint density at radius 3 is 2.76 bits per heavy atom. The molecule has 5 heterocycles. The second kappa shape index (κ2) is 9.09. The molecule has 9 heteroatoms. The summed E-state index contributed by atoms with van der Waals surface area (Å²) in [5.41, 5.74) is 2.85. The lowest BCUT2D eigenvalue weighted by Crippen LogP contribution is -2.43. The van der Waals surface area contributed by atoms with E-state index in [1.807, 2.05) is 56.6 Å². The second-order valence-electron chi connectivity index (χ2n) is 8.26. The fourth-order valence-corrected chi connectivity index (χ4v) is 5.08. The number of fused-ring (bicyclic) bond motifs is 1. The van der Waals surface area contributed by atoms with Crippen LogP contribution < -0.4 is 5.32 Å². The van der Waals surface area contributed by atoms with Crippen LogP contribution in [0.3, 0.4) is 0 Å². The molecule has 1 amide bonds. The maximum atomic E-state index is 13.5. The summed E-state index contributed by atoms with van der Waals surface area (Å²) in [5, 5.41) is 10.5. The van der Waals surface area contributed by atoms with Gasteiger partial charge in [0.1, 0.15) is 11.5 Å². The Morgan fingerprint density at radius 1 is 1.24 bits per heavy atom. The molecule has 5 rings (SSSR count). The second-order valence-corrected chi connectivity index (χ2v) is 9.21. The topological polar surface area (TPSA) is 85.4 Å². The van der Waals surface area contributed by atoms with Crippen LogP contribution in [0.1, 0.15) is 33.6 Å². The van der Waals surface area contributed by atoms with Crippen molar-refractivity contribution in [2.75, 3.05) is 32.8 Å². The first-order chi connectivity index (χ1) is 16.0. The zero-order chi connectivity index (χ0) is 22.9. The summed E-state index contributed by atoms with van der Waals surface area (Å²) in [6.07, 6.45) is 0. The van der Waals surface area contributed by atoms with E-state index in [4.69, 9.17) is 14.1 Å². The molecule has 0 spiro atoms. The first kappa shape index (κ1) is 21.8. The summed E-state index contributed by atoms with van der Waals surface area (Å²) in [4.78, 5) is 21.6. The van der Waals surface area contributed by atoms with Gasteiger partial charge in [-0.25, -0.2) is 4.98 Å². The molecule has 33 heavy (non-hydrogen) atoms. The highest BCUT2D eigenvalue weighted by atomic mass is 32.1. The lowest BCUT2D eigenvalue weighted by atomic mass is 10.1. The molecular weight excluding hydrogens is 438 g/mol. The number of ether oxygens (including phenoxy) is 1. The minimum atomic E-state index is -0.141. The zero-order valence-corrected chi connectivity index (χ0v) is 19.8. The number of aromatic nitrogens is 3. The number of amides is 1. The van der Waals surface area contributed by atoms with Crippen molar-refractivity contribution in [3.05, 3.63) is 58.5 Å². The van der Waals surface area contributed by atoms with Crippen molar-refractivity contribution in [1.29, 1.82) is 0 Å². The summed E-state index contributed by atoms with van der Waals surface area (Å²) in [5.74, 6) is 1.57. The molecule has 1 atom stereocenters. The summed E-state index contributed by atoms with van der Waals surface area (Å²) in [6.45, 7) is 7.22. The average molecular weight is 466 g/mol. The van der Waals surface area contributed by atoms with Crippen molar-refractivity contribution in [3.63, 3.8) is 0 Å². The van der Waals surface area contributed by atoms with Crippen LogP contribution >= 0.6 is 11.3 Å². The molecule has 0 aliphatic carbocycles. The lowest BCUT2D eigenvalue weighted by Gasteiger charge is -2.33. The zero-order valence-electron chi connectivity index (χ0n) is 19.0. The van der Waals surface area contributed by atoms with E-state index in [0.29, 0.717) is 31.0 Å². The molecule has 1 N–H and O–H groups in total. The van der Waals surface area contributed by atoms with Crippen LogP contribution in [0.25, 0.3) is 21.6 Å². The number of carbonyl (C=O) groups excluding carboxylic acids is 1. The number of rotatable bonds is 6. The Labute approximate surface area is 196 Å². The van der Waals surface area contributed by atoms with Gasteiger partial charge in [-0.15, -0.1) is 11.3 Å². The van der Waals surface area contributed by atoms with Gasteiger partial charge in [-0.3, -0.25) is 14.4 Å². The van der Waals surface area contributed by atoms with Gasteiger partial charge in [0.25, 0.3) is 5.91 Å². The average Bonchev–Trinajstić information content (AvgIpc) is 3.56. The van der Waals surface area contributed by atoms with Crippen molar-refractivity contribution in [1.82, 2.24) is 25.0 Å². The molecule has 0 bridgehead atoms. The number of aryl methyl sites for hydroxylation is 3. The van der Waals surface area contributed by atoms with Crippen LogP contribution in [0, 0.1) is 13.8 Å². The number of carbonyl (C=O) groups is 1. The maximum absolute atomic E-state index is 13.5. The molecule has 1 aliphatic heterocycles. The van der Waals surface area contributed by atoms with E-state index >= 15 is 0 Å². The number of morpholine rings is 1. The van der Waals surface area contributed by atoms with Gasteiger partial charge in [-0.2, -0.15) is 5.10 Å². The van der Waals surface area contributed by atoms with Gasteiger partial charge < -0.3 is 14.5 Å². The fraction of sp³-hybridized carbons (Fsp3) is 0.375. The molecule has 1 saturated heterocycles. The van der Waals surface area contributed by atoms with Crippen LogP contribution in [0.2, 0.25) is 0 Å². The molecule has 1 aliphatic rings. The van der Waals surface area contributed by atoms with E-state index in [-0.39, 0.29) is 11.9 Å². The predicted octanol–water partition coefficient (Wildman–Crippen LogP) is 3.71. The van der Waals surface area contributed by atoms with Crippen molar-refractivity contribution in [2.45, 2.75) is 19.9 Å². The fourth-order valence-electron chi connectivity index (χ4n) is 4.39. The molecule has 0 saturated carbocycles. The van der Waals surface area contributed by atoms with Gasteiger partial charge >= 0.3 is 0 Å². The highest BCUT2D eigenvalue weighted by Crippen LogP contribution is 2.30. The minimum absolute atomic E-state index is 0.0596. The van der Waals surface area contributed by atoms with Crippen molar-refractivity contribution < 1.29 is 13.9 Å². The van der Waals surface area contributed by atoms with Gasteiger partial charge in [0, 0.05) is 26.7 Å². The maximum Gasteiger partial charge on any atom is 0.252 e. The molecular formula is C24H27N5O3S. The third kappa shape index (κ3) is 4.31. The molecule has 0 radical (unpaired) electrons. The number of hydrogen-bond donors (Lipinski definition) is 1. The van der Waals surface area contributed by atoms with Crippen LogP contribution in [0.5, 0.6) is 0 Å². The van der Waals surface area contributed by atoms with E-state index in [1.165, 1.54) is 0 Å². The number of hydrogen-bond acceptors (Lipinski definition) is 7. The van der Waals surface area contributed by atoms with E-state index in [2.05, 4.69) is 15.3 Å². The third-order valence-electron chi connectivity index (χ3n) is 6.02. The third-order valence-corrected chi connectivity index (χ3v) is 6.91. The lowest BCUT2D eigenvalue weighted by molar-refractivity contribution is 0.0117. The molecule has 8 nitrogen and oxygen atoms in total. The quantitative estimate of drug-likeness (QED) is 0.467. The van der Waals surface area contributed by atoms with Crippen molar-refractivity contribution in [2.24, 2.45) is 7.05 Å². The molecule has 1 unspecified atom stereocenters. The molecule has 4 aromatic heterocycles. The minimum Gasteiger partial charge on any atom is -0.465 e. The highest BCUT2D eigenvalue weighted by Gasteiger charge is 2.27. The van der Waals surface area contributed by atoms with Gasteiger partial charge in [-0.05, 0) is 43.5 Å². The van der Waals surface area contributed by atoms with E-state index < -0.39 is 0 Å². The molecule has 0 aromatic carbocycles. The van der Waals surface area contributed by atoms with Crippen molar-refractivity contribution >= 4 is 28.3 Å². The summed E-state index contributed by atoms with van der Waals surface area (Å²) < 4.78 is 13.2. The Hall–Kier alpha value is -3.01. The normalized spacial score (nSPS) is 15.7. The Balaban J connectivity index is 1.46.